The van der Waals surface area contributed by atoms with Crippen LogP contribution in [-0.2, 0) is 9.59 Å². The number of nitrogens with zero attached hydrogens (tertiary/aromatic N) is 3. The van der Waals surface area contributed by atoms with Gasteiger partial charge in [-0.1, -0.05) is 5.57 Å². The van der Waals surface area contributed by atoms with E-state index in [-0.39, 0.29) is 18.2 Å². The van der Waals surface area contributed by atoms with Crippen molar-refractivity contribution >= 4 is 11.8 Å². The molecule has 1 saturated heterocycles. The number of hydrogen-bond donors (Lipinski definition) is 0. The van der Waals surface area contributed by atoms with Gasteiger partial charge in [0.1, 0.15) is 6.42 Å². The zero-order chi connectivity index (χ0) is 12.8. The van der Waals surface area contributed by atoms with Gasteiger partial charge in [-0.2, -0.15) is 5.26 Å². The molecule has 5 heteroatoms. The molecule has 0 aromatic rings. The Morgan fingerprint density at radius 1 is 1.18 bits per heavy atom. The maximum atomic E-state index is 11.7. The normalized spacial score (nSPS) is 15.1. The van der Waals surface area contributed by atoms with E-state index < -0.39 is 0 Å². The van der Waals surface area contributed by atoms with Crippen LogP contribution >= 0.6 is 0 Å². The summed E-state index contributed by atoms with van der Waals surface area (Å²) in [6.07, 6.45) is 1.52. The minimum atomic E-state index is -0.151. The van der Waals surface area contributed by atoms with Crippen molar-refractivity contribution in [1.82, 2.24) is 9.80 Å². The maximum absolute atomic E-state index is 11.7. The van der Waals surface area contributed by atoms with E-state index >= 15 is 0 Å². The fourth-order valence-electron chi connectivity index (χ4n) is 1.69. The van der Waals surface area contributed by atoms with Gasteiger partial charge in [-0.15, -0.1) is 0 Å². The van der Waals surface area contributed by atoms with E-state index in [9.17, 15) is 9.59 Å². The smallest absolute Gasteiger partial charge is 0.246 e. The molecular formula is C12H17N3O2. The van der Waals surface area contributed by atoms with Gasteiger partial charge in [-0.3, -0.25) is 9.59 Å². The molecule has 0 aromatic heterocycles. The highest BCUT2D eigenvalue weighted by Crippen LogP contribution is 2.05. The fraction of sp³-hybridized carbons (Fsp3) is 0.583. The second-order valence-corrected chi connectivity index (χ2v) is 4.26. The van der Waals surface area contributed by atoms with E-state index in [1.165, 1.54) is 0 Å². The second kappa shape index (κ2) is 6.04. The molecule has 0 radical (unpaired) electrons. The van der Waals surface area contributed by atoms with Crippen molar-refractivity contribution in [2.45, 2.75) is 20.3 Å². The van der Waals surface area contributed by atoms with E-state index in [1.807, 2.05) is 19.9 Å². The maximum Gasteiger partial charge on any atom is 0.246 e. The molecule has 92 valence electrons. The van der Waals surface area contributed by atoms with Gasteiger partial charge >= 0.3 is 0 Å². The van der Waals surface area contributed by atoms with Crippen LogP contribution in [0.1, 0.15) is 20.3 Å². The van der Waals surface area contributed by atoms with Gasteiger partial charge in [0, 0.05) is 32.3 Å². The van der Waals surface area contributed by atoms with Crippen LogP contribution in [0.15, 0.2) is 11.6 Å². The Labute approximate surface area is 101 Å². The van der Waals surface area contributed by atoms with Gasteiger partial charge in [0.15, 0.2) is 0 Å². The summed E-state index contributed by atoms with van der Waals surface area (Å²) in [5.41, 5.74) is 0.970. The zero-order valence-electron chi connectivity index (χ0n) is 10.3. The summed E-state index contributed by atoms with van der Waals surface area (Å²) >= 11 is 0. The first-order valence-electron chi connectivity index (χ1n) is 5.63. The highest BCUT2D eigenvalue weighted by molar-refractivity contribution is 5.88. The molecule has 1 aliphatic heterocycles. The van der Waals surface area contributed by atoms with Crippen molar-refractivity contribution in [1.29, 1.82) is 5.26 Å². The molecule has 1 fully saturated rings. The summed E-state index contributed by atoms with van der Waals surface area (Å²) in [4.78, 5) is 26.5. The highest BCUT2D eigenvalue weighted by Gasteiger charge is 2.22. The van der Waals surface area contributed by atoms with Crippen molar-refractivity contribution in [3.63, 3.8) is 0 Å². The summed E-state index contributed by atoms with van der Waals surface area (Å²) in [5, 5.41) is 8.44. The van der Waals surface area contributed by atoms with E-state index in [0.29, 0.717) is 26.2 Å². The Hall–Kier alpha value is -1.83. The molecular weight excluding hydrogens is 218 g/mol. The quantitative estimate of drug-likeness (QED) is 0.656. The van der Waals surface area contributed by atoms with Crippen molar-refractivity contribution in [2.75, 3.05) is 26.2 Å². The fourth-order valence-corrected chi connectivity index (χ4v) is 1.69. The van der Waals surface area contributed by atoms with E-state index in [1.54, 1.807) is 15.9 Å². The Bertz CT molecular complexity index is 370. The largest absolute Gasteiger partial charge is 0.338 e. The lowest BCUT2D eigenvalue weighted by Crippen LogP contribution is -2.50. The molecule has 0 aromatic carbocycles. The molecule has 0 N–H and O–H groups in total. The second-order valence-electron chi connectivity index (χ2n) is 4.26. The van der Waals surface area contributed by atoms with Gasteiger partial charge in [0.2, 0.25) is 11.8 Å². The minimum absolute atomic E-state index is 0.00242. The number of carbonyl (C=O) groups is 2. The van der Waals surface area contributed by atoms with Crippen LogP contribution < -0.4 is 0 Å². The third-order valence-electron chi connectivity index (χ3n) is 2.59. The number of nitriles is 1. The third-order valence-corrected chi connectivity index (χ3v) is 2.59. The molecule has 5 nitrogen and oxygen atoms in total. The van der Waals surface area contributed by atoms with Crippen LogP contribution in [0.25, 0.3) is 0 Å². The first-order chi connectivity index (χ1) is 8.04. The van der Waals surface area contributed by atoms with Crippen molar-refractivity contribution < 1.29 is 9.59 Å². The number of rotatable bonds is 2. The number of amides is 2. The molecule has 0 unspecified atom stereocenters. The van der Waals surface area contributed by atoms with E-state index in [2.05, 4.69) is 0 Å². The van der Waals surface area contributed by atoms with Crippen LogP contribution in [0.2, 0.25) is 0 Å². The molecule has 17 heavy (non-hydrogen) atoms. The molecule has 1 aliphatic rings. The molecule has 0 bridgehead atoms. The molecule has 0 aliphatic carbocycles. The Balaban J connectivity index is 2.46. The lowest BCUT2D eigenvalue weighted by molar-refractivity contribution is -0.136. The van der Waals surface area contributed by atoms with Crippen LogP contribution in [-0.4, -0.2) is 47.8 Å². The average Bonchev–Trinajstić information content (AvgIpc) is 2.28. The van der Waals surface area contributed by atoms with Crippen LogP contribution in [0.4, 0.5) is 0 Å². The Kier molecular flexibility index (Phi) is 4.70. The molecule has 1 rings (SSSR count). The van der Waals surface area contributed by atoms with Gasteiger partial charge < -0.3 is 9.80 Å². The summed E-state index contributed by atoms with van der Waals surface area (Å²) in [6, 6.07) is 1.84. The van der Waals surface area contributed by atoms with Crippen molar-refractivity contribution in [3.05, 3.63) is 11.6 Å². The predicted octanol–water partition coefficient (Wildman–Crippen LogP) is 0.537. The average molecular weight is 235 g/mol. The van der Waals surface area contributed by atoms with E-state index in [0.717, 1.165) is 5.57 Å². The molecule has 2 amide bonds. The van der Waals surface area contributed by atoms with Gasteiger partial charge in [0.05, 0.1) is 6.07 Å². The Morgan fingerprint density at radius 2 is 1.71 bits per heavy atom. The van der Waals surface area contributed by atoms with Gasteiger partial charge in [-0.25, -0.2) is 0 Å². The first-order valence-corrected chi connectivity index (χ1v) is 5.63. The number of hydrogen-bond acceptors (Lipinski definition) is 3. The molecule has 0 spiro atoms. The Morgan fingerprint density at radius 3 is 2.18 bits per heavy atom. The molecule has 1 heterocycles. The van der Waals surface area contributed by atoms with Crippen LogP contribution in [0.5, 0.6) is 0 Å². The predicted molar refractivity (Wildman–Crippen MR) is 62.8 cm³/mol. The lowest BCUT2D eigenvalue weighted by Gasteiger charge is -2.34. The van der Waals surface area contributed by atoms with Crippen molar-refractivity contribution in [2.24, 2.45) is 0 Å². The highest BCUT2D eigenvalue weighted by atomic mass is 16.2. The van der Waals surface area contributed by atoms with Crippen molar-refractivity contribution in [3.8, 4) is 6.07 Å². The summed E-state index contributed by atoms with van der Waals surface area (Å²) < 4.78 is 0. The standard InChI is InChI=1S/C12H17N3O2/c1-10(2)9-12(17)15-7-5-14(6-8-15)11(16)3-4-13/h9H,3,5-8H2,1-2H3. The number of carbonyl (C=O) groups excluding carboxylic acids is 2. The number of allylic oxidation sites excluding steroid dienone is 1. The van der Waals surface area contributed by atoms with Crippen LogP contribution in [0, 0.1) is 11.3 Å². The summed E-state index contributed by atoms with van der Waals surface area (Å²) in [6.45, 7) is 5.88. The topological polar surface area (TPSA) is 64.4 Å². The number of piperazine rings is 1. The molecule has 0 saturated carbocycles. The minimum Gasteiger partial charge on any atom is -0.338 e. The SMILES string of the molecule is CC(C)=CC(=O)N1CCN(C(=O)CC#N)CC1. The van der Waals surface area contributed by atoms with E-state index in [4.69, 9.17) is 5.26 Å². The van der Waals surface area contributed by atoms with Gasteiger partial charge in [0.25, 0.3) is 0 Å². The third kappa shape index (κ3) is 3.91. The van der Waals surface area contributed by atoms with Gasteiger partial charge in [-0.05, 0) is 13.8 Å². The summed E-state index contributed by atoms with van der Waals surface area (Å²) in [7, 11) is 0. The zero-order valence-corrected chi connectivity index (χ0v) is 10.3. The summed E-state index contributed by atoms with van der Waals surface area (Å²) in [5.74, 6) is -0.154. The van der Waals surface area contributed by atoms with Crippen LogP contribution in [0.3, 0.4) is 0 Å². The molecule has 0 atom stereocenters. The monoisotopic (exact) mass is 235 g/mol. The first kappa shape index (κ1) is 13.2. The lowest BCUT2D eigenvalue weighted by atomic mass is 10.2.